The summed E-state index contributed by atoms with van der Waals surface area (Å²) in [5.41, 5.74) is 2.47. The molecule has 0 spiro atoms. The third kappa shape index (κ3) is 4.44. The molecule has 0 bridgehead atoms. The number of H-pyrrole nitrogens is 1. The quantitative estimate of drug-likeness (QED) is 0.433. The molecule has 1 aromatic heterocycles. The van der Waals surface area contributed by atoms with E-state index in [-0.39, 0.29) is 23.7 Å². The van der Waals surface area contributed by atoms with E-state index in [0.29, 0.717) is 16.6 Å². The fourth-order valence-electron chi connectivity index (χ4n) is 3.32. The van der Waals surface area contributed by atoms with Crippen molar-refractivity contribution in [1.82, 2.24) is 9.97 Å². The Balaban J connectivity index is 1.58. The smallest absolute Gasteiger partial charge is 0.257 e. The Labute approximate surface area is 177 Å². The molecule has 1 atom stereocenters. The summed E-state index contributed by atoms with van der Waals surface area (Å²) in [6.07, 6.45) is -0.105. The van der Waals surface area contributed by atoms with E-state index in [1.165, 1.54) is 11.8 Å². The van der Waals surface area contributed by atoms with Gasteiger partial charge < -0.3 is 15.6 Å². The zero-order valence-electron chi connectivity index (χ0n) is 16.3. The van der Waals surface area contributed by atoms with Gasteiger partial charge in [-0.25, -0.2) is 4.98 Å². The summed E-state index contributed by atoms with van der Waals surface area (Å²) in [5.74, 6) is -0.889. The van der Waals surface area contributed by atoms with Crippen molar-refractivity contribution in [3.63, 3.8) is 0 Å². The second-order valence-electron chi connectivity index (χ2n) is 7.07. The number of thioether (sulfide) groups is 1. The lowest BCUT2D eigenvalue weighted by molar-refractivity contribution is -0.123. The van der Waals surface area contributed by atoms with Crippen LogP contribution in [0.1, 0.15) is 29.0 Å². The van der Waals surface area contributed by atoms with E-state index in [9.17, 15) is 14.4 Å². The molecule has 4 rings (SSSR count). The molecule has 3 N–H and O–H groups in total. The Morgan fingerprint density at radius 1 is 1.17 bits per heavy atom. The number of nitrogens with zero attached hydrogens (tertiary/aromatic N) is 1. The number of aryl methyl sites for hydroxylation is 1. The number of carbonyl (C=O) groups is 2. The van der Waals surface area contributed by atoms with Crippen LogP contribution in [-0.2, 0) is 15.3 Å². The fraction of sp³-hybridized carbons (Fsp3) is 0.182. The second-order valence-corrected chi connectivity index (χ2v) is 8.04. The Morgan fingerprint density at radius 2 is 1.97 bits per heavy atom. The van der Waals surface area contributed by atoms with Gasteiger partial charge >= 0.3 is 0 Å². The van der Waals surface area contributed by atoms with Crippen molar-refractivity contribution in [3.05, 3.63) is 81.6 Å². The molecule has 1 aliphatic heterocycles. The topological polar surface area (TPSA) is 104 Å². The van der Waals surface area contributed by atoms with Gasteiger partial charge in [0.2, 0.25) is 11.8 Å². The van der Waals surface area contributed by atoms with E-state index in [2.05, 4.69) is 20.6 Å². The van der Waals surface area contributed by atoms with E-state index in [0.717, 1.165) is 11.1 Å². The number of fused-ring (bicyclic) bond motifs is 1. The Kier molecular flexibility index (Phi) is 5.67. The van der Waals surface area contributed by atoms with Crippen molar-refractivity contribution in [2.75, 3.05) is 10.6 Å². The minimum absolute atomic E-state index is 0.105. The van der Waals surface area contributed by atoms with Crippen molar-refractivity contribution < 1.29 is 9.59 Å². The summed E-state index contributed by atoms with van der Waals surface area (Å²) in [4.78, 5) is 45.0. The number of hydrogen-bond acceptors (Lipinski definition) is 5. The molecule has 0 aliphatic carbocycles. The van der Waals surface area contributed by atoms with Gasteiger partial charge in [0.1, 0.15) is 5.82 Å². The monoisotopic (exact) mass is 420 g/mol. The minimum atomic E-state index is -0.904. The number of nitrogens with one attached hydrogen (secondary N) is 3. The summed E-state index contributed by atoms with van der Waals surface area (Å²) in [6, 6.07) is 17.1. The molecule has 2 aromatic carbocycles. The van der Waals surface area contributed by atoms with Gasteiger partial charge in [-0.1, -0.05) is 54.2 Å². The normalized spacial score (nSPS) is 15.2. The maximum absolute atomic E-state index is 12.9. The highest BCUT2D eigenvalue weighted by molar-refractivity contribution is 7.98. The lowest BCUT2D eigenvalue weighted by atomic mass is 9.92. The van der Waals surface area contributed by atoms with Crippen LogP contribution >= 0.6 is 11.8 Å². The van der Waals surface area contributed by atoms with Crippen molar-refractivity contribution in [2.24, 2.45) is 0 Å². The molecule has 3 aromatic rings. The van der Waals surface area contributed by atoms with Crippen LogP contribution in [0.5, 0.6) is 0 Å². The highest BCUT2D eigenvalue weighted by Crippen LogP contribution is 2.31. The van der Waals surface area contributed by atoms with Crippen molar-refractivity contribution in [2.45, 2.75) is 30.2 Å². The molecular formula is C22H20N4O3S. The number of benzene rings is 2. The van der Waals surface area contributed by atoms with Crippen LogP contribution in [0.2, 0.25) is 0 Å². The van der Waals surface area contributed by atoms with E-state index in [1.807, 2.05) is 55.5 Å². The zero-order valence-corrected chi connectivity index (χ0v) is 17.1. The van der Waals surface area contributed by atoms with Gasteiger partial charge in [0.25, 0.3) is 5.56 Å². The molecule has 0 fully saturated rings. The predicted molar refractivity (Wildman–Crippen MR) is 117 cm³/mol. The average molecular weight is 420 g/mol. The number of amides is 2. The van der Waals surface area contributed by atoms with E-state index < -0.39 is 17.4 Å². The molecule has 152 valence electrons. The minimum Gasteiger partial charge on any atom is -0.326 e. The highest BCUT2D eigenvalue weighted by atomic mass is 32.2. The van der Waals surface area contributed by atoms with Crippen molar-refractivity contribution >= 4 is 35.1 Å². The summed E-state index contributed by atoms with van der Waals surface area (Å²) >= 11 is 1.36. The third-order valence-corrected chi connectivity index (χ3v) is 5.69. The number of rotatable bonds is 5. The summed E-state index contributed by atoms with van der Waals surface area (Å²) in [5, 5.41) is 5.82. The fourth-order valence-corrected chi connectivity index (χ4v) is 4.14. The van der Waals surface area contributed by atoms with Crippen LogP contribution in [0.4, 0.5) is 11.5 Å². The van der Waals surface area contributed by atoms with Crippen molar-refractivity contribution in [3.8, 4) is 0 Å². The Bertz CT molecular complexity index is 1160. The number of carbonyl (C=O) groups excluding carboxylic acids is 2. The zero-order chi connectivity index (χ0) is 21.1. The first-order chi connectivity index (χ1) is 14.5. The molecule has 0 saturated carbocycles. The van der Waals surface area contributed by atoms with Crippen LogP contribution in [0.15, 0.2) is 64.5 Å². The molecule has 0 saturated heterocycles. The Morgan fingerprint density at radius 3 is 2.73 bits per heavy atom. The largest absolute Gasteiger partial charge is 0.326 e. The van der Waals surface area contributed by atoms with Gasteiger partial charge in [-0.3, -0.25) is 14.4 Å². The second kappa shape index (κ2) is 8.54. The van der Waals surface area contributed by atoms with Crippen LogP contribution < -0.4 is 16.2 Å². The molecule has 8 heteroatoms. The molecule has 0 radical (unpaired) electrons. The molecule has 2 amide bonds. The molecule has 30 heavy (non-hydrogen) atoms. The third-order valence-electron chi connectivity index (χ3n) is 4.75. The summed E-state index contributed by atoms with van der Waals surface area (Å²) in [6.45, 7) is 1.92. The highest BCUT2D eigenvalue weighted by Gasteiger charge is 2.34. The molecule has 2 heterocycles. The van der Waals surface area contributed by atoms with E-state index in [4.69, 9.17) is 0 Å². The molecule has 7 nitrogen and oxygen atoms in total. The van der Waals surface area contributed by atoms with Crippen LogP contribution in [0, 0.1) is 6.92 Å². The van der Waals surface area contributed by atoms with E-state index in [1.54, 1.807) is 6.07 Å². The lowest BCUT2D eigenvalue weighted by Crippen LogP contribution is -2.36. The number of aromatic amines is 1. The van der Waals surface area contributed by atoms with Crippen LogP contribution in [-0.4, -0.2) is 21.8 Å². The summed E-state index contributed by atoms with van der Waals surface area (Å²) < 4.78 is 0. The Hall–Kier alpha value is -3.39. The number of hydrogen-bond donors (Lipinski definition) is 3. The van der Waals surface area contributed by atoms with Gasteiger partial charge in [0.15, 0.2) is 5.16 Å². The first kappa shape index (κ1) is 19.9. The predicted octanol–water partition coefficient (Wildman–Crippen LogP) is 3.44. The molecular weight excluding hydrogens is 400 g/mol. The maximum Gasteiger partial charge on any atom is 0.257 e. The summed E-state index contributed by atoms with van der Waals surface area (Å²) in [7, 11) is 0. The van der Waals surface area contributed by atoms with Gasteiger partial charge in [-0.15, -0.1) is 0 Å². The standard InChI is InChI=1S/C22H20N4O3S/c1-13-6-5-9-15(10-13)23-20(28)16-11-17(27)24-19-18(16)21(29)26-22(25-19)30-12-14-7-3-2-4-8-14/h2-10,16H,11-12H2,1H3,(H,23,28)(H2,24,25,26,27,29). The van der Waals surface area contributed by atoms with Gasteiger partial charge in [-0.2, -0.15) is 0 Å². The van der Waals surface area contributed by atoms with E-state index >= 15 is 0 Å². The average Bonchev–Trinajstić information content (AvgIpc) is 2.72. The van der Waals surface area contributed by atoms with Gasteiger partial charge in [0, 0.05) is 17.9 Å². The molecule has 1 aliphatic rings. The SMILES string of the molecule is Cc1cccc(NC(=O)C2CC(=O)Nc3nc(SCc4ccccc4)[nH]c(=O)c32)c1. The maximum atomic E-state index is 12.9. The van der Waals surface area contributed by atoms with Gasteiger partial charge in [0.05, 0.1) is 11.5 Å². The van der Waals surface area contributed by atoms with Crippen LogP contribution in [0.3, 0.4) is 0 Å². The number of anilines is 2. The first-order valence-electron chi connectivity index (χ1n) is 9.48. The van der Waals surface area contributed by atoms with Crippen molar-refractivity contribution in [1.29, 1.82) is 0 Å². The molecule has 1 unspecified atom stereocenters. The van der Waals surface area contributed by atoms with Gasteiger partial charge in [-0.05, 0) is 30.2 Å². The first-order valence-corrected chi connectivity index (χ1v) is 10.5. The lowest BCUT2D eigenvalue weighted by Gasteiger charge is -2.23. The van der Waals surface area contributed by atoms with Crippen LogP contribution in [0.25, 0.3) is 0 Å². The number of aromatic nitrogens is 2.